The predicted octanol–water partition coefficient (Wildman–Crippen LogP) is 1.13. The number of hydrogen-bond donors (Lipinski definition) is 1. The van der Waals surface area contributed by atoms with Crippen LogP contribution in [0.4, 0.5) is 0 Å². The second kappa shape index (κ2) is 3.51. The highest BCUT2D eigenvalue weighted by atomic mass is 32.2. The van der Waals surface area contributed by atoms with Gasteiger partial charge in [-0.25, -0.2) is 4.98 Å². The Morgan fingerprint density at radius 2 is 2.42 bits per heavy atom. The highest BCUT2D eigenvalue weighted by molar-refractivity contribution is 7.85. The molecule has 0 amide bonds. The predicted molar refractivity (Wildman–Crippen MR) is 46.9 cm³/mol. The summed E-state index contributed by atoms with van der Waals surface area (Å²) in [6.45, 7) is 1.71. The second-order valence-electron chi connectivity index (χ2n) is 2.56. The molecule has 1 aromatic rings. The molecule has 6 heteroatoms. The van der Waals surface area contributed by atoms with Gasteiger partial charge in [0.2, 0.25) is 0 Å². The molecule has 1 unspecified atom stereocenters. The van der Waals surface area contributed by atoms with E-state index in [4.69, 9.17) is 4.55 Å². The van der Waals surface area contributed by atoms with E-state index in [2.05, 4.69) is 4.98 Å². The average Bonchev–Trinajstić information content (AvgIpc) is 2.32. The normalized spacial score (nSPS) is 14.5. The summed E-state index contributed by atoms with van der Waals surface area (Å²) in [5, 5.41) is 1.77. The number of rotatable bonds is 3. The molecule has 1 N–H and O–H groups in total. The lowest BCUT2D eigenvalue weighted by atomic mass is 10.2. The van der Waals surface area contributed by atoms with Gasteiger partial charge in [0.25, 0.3) is 10.1 Å². The Balaban J connectivity index is 2.68. The molecule has 0 saturated carbocycles. The Bertz CT molecular complexity index is 330. The molecule has 0 aliphatic heterocycles. The van der Waals surface area contributed by atoms with Crippen LogP contribution in [0.5, 0.6) is 0 Å². The maximum atomic E-state index is 10.5. The lowest BCUT2D eigenvalue weighted by Gasteiger charge is -2.04. The molecule has 1 atom stereocenters. The van der Waals surface area contributed by atoms with Crippen molar-refractivity contribution in [2.45, 2.75) is 12.8 Å². The molecule has 1 aromatic heterocycles. The summed E-state index contributed by atoms with van der Waals surface area (Å²) in [5.74, 6) is -0.511. The van der Waals surface area contributed by atoms with E-state index >= 15 is 0 Å². The SMILES string of the molecule is CC(CS(=O)(=O)O)c1cscn1. The molecule has 0 aliphatic rings. The molecule has 0 saturated heterocycles. The number of aromatic nitrogens is 1. The molecule has 0 aromatic carbocycles. The molecule has 1 rings (SSSR count). The van der Waals surface area contributed by atoms with Gasteiger partial charge in [-0.2, -0.15) is 8.42 Å². The monoisotopic (exact) mass is 207 g/mol. The average molecular weight is 207 g/mol. The molecule has 0 aliphatic carbocycles. The Labute approximate surface area is 75.0 Å². The number of thiazole rings is 1. The first-order valence-corrected chi connectivity index (χ1v) is 5.87. The Hall–Kier alpha value is -0.460. The first-order valence-electron chi connectivity index (χ1n) is 3.32. The molecule has 0 radical (unpaired) electrons. The lowest BCUT2D eigenvalue weighted by molar-refractivity contribution is 0.478. The van der Waals surface area contributed by atoms with Crippen LogP contribution in [0.25, 0.3) is 0 Å². The minimum atomic E-state index is -3.88. The Morgan fingerprint density at radius 3 is 2.83 bits per heavy atom. The summed E-state index contributed by atoms with van der Waals surface area (Å²) in [6.07, 6.45) is 0. The highest BCUT2D eigenvalue weighted by Crippen LogP contribution is 2.16. The standard InChI is InChI=1S/C6H9NO3S2/c1-5(3-12(8,9)10)6-2-11-4-7-6/h2,4-5H,3H2,1H3,(H,8,9,10). The lowest BCUT2D eigenvalue weighted by Crippen LogP contribution is -2.11. The second-order valence-corrected chi connectivity index (χ2v) is 4.78. The molecular weight excluding hydrogens is 198 g/mol. The van der Waals surface area contributed by atoms with E-state index in [9.17, 15) is 8.42 Å². The van der Waals surface area contributed by atoms with Gasteiger partial charge in [0.1, 0.15) is 0 Å². The largest absolute Gasteiger partial charge is 0.286 e. The van der Waals surface area contributed by atoms with Crippen LogP contribution in [0.15, 0.2) is 10.9 Å². The molecule has 12 heavy (non-hydrogen) atoms. The molecule has 0 spiro atoms. The van der Waals surface area contributed by atoms with Crippen molar-refractivity contribution in [3.05, 3.63) is 16.6 Å². The van der Waals surface area contributed by atoms with Crippen LogP contribution in [-0.2, 0) is 10.1 Å². The smallest absolute Gasteiger partial charge is 0.265 e. The van der Waals surface area contributed by atoms with E-state index in [0.29, 0.717) is 5.69 Å². The third kappa shape index (κ3) is 2.88. The quantitative estimate of drug-likeness (QED) is 0.754. The van der Waals surface area contributed by atoms with Gasteiger partial charge in [0.05, 0.1) is 17.0 Å². The van der Waals surface area contributed by atoms with Crippen molar-refractivity contribution in [2.24, 2.45) is 0 Å². The summed E-state index contributed by atoms with van der Waals surface area (Å²) in [4.78, 5) is 3.94. The molecule has 4 nitrogen and oxygen atoms in total. The van der Waals surface area contributed by atoms with Crippen molar-refractivity contribution in [1.82, 2.24) is 4.98 Å². The van der Waals surface area contributed by atoms with Crippen LogP contribution < -0.4 is 0 Å². The molecule has 0 bridgehead atoms. The van der Waals surface area contributed by atoms with Crippen molar-refractivity contribution >= 4 is 21.5 Å². The summed E-state index contributed by atoms with van der Waals surface area (Å²) in [5.41, 5.74) is 2.34. The van der Waals surface area contributed by atoms with E-state index in [1.807, 2.05) is 0 Å². The van der Waals surface area contributed by atoms with Crippen LogP contribution in [0.3, 0.4) is 0 Å². The van der Waals surface area contributed by atoms with E-state index in [0.717, 1.165) is 0 Å². The van der Waals surface area contributed by atoms with Gasteiger partial charge in [-0.05, 0) is 0 Å². The van der Waals surface area contributed by atoms with E-state index in [1.54, 1.807) is 17.8 Å². The molecular formula is C6H9NO3S2. The van der Waals surface area contributed by atoms with Gasteiger partial charge >= 0.3 is 0 Å². The molecule has 1 heterocycles. The van der Waals surface area contributed by atoms with E-state index < -0.39 is 10.1 Å². The topological polar surface area (TPSA) is 67.3 Å². The van der Waals surface area contributed by atoms with Gasteiger partial charge in [-0.1, -0.05) is 6.92 Å². The number of nitrogens with zero attached hydrogens (tertiary/aromatic N) is 1. The van der Waals surface area contributed by atoms with Crippen LogP contribution in [0.1, 0.15) is 18.5 Å². The van der Waals surface area contributed by atoms with Crippen molar-refractivity contribution in [3.63, 3.8) is 0 Å². The third-order valence-electron chi connectivity index (χ3n) is 1.42. The fourth-order valence-corrected chi connectivity index (χ4v) is 2.35. The van der Waals surface area contributed by atoms with Crippen LogP contribution in [0.2, 0.25) is 0 Å². The van der Waals surface area contributed by atoms with Crippen LogP contribution >= 0.6 is 11.3 Å². The van der Waals surface area contributed by atoms with Crippen LogP contribution in [-0.4, -0.2) is 23.7 Å². The Kier molecular flexibility index (Phi) is 2.81. The van der Waals surface area contributed by atoms with Gasteiger partial charge in [-0.3, -0.25) is 4.55 Å². The van der Waals surface area contributed by atoms with Crippen molar-refractivity contribution in [2.75, 3.05) is 5.75 Å². The minimum Gasteiger partial charge on any atom is -0.286 e. The van der Waals surface area contributed by atoms with Gasteiger partial charge < -0.3 is 0 Å². The fraction of sp³-hybridized carbons (Fsp3) is 0.500. The summed E-state index contributed by atoms with van der Waals surface area (Å²) in [7, 11) is -3.88. The van der Waals surface area contributed by atoms with Crippen molar-refractivity contribution in [3.8, 4) is 0 Å². The summed E-state index contributed by atoms with van der Waals surface area (Å²) < 4.78 is 29.5. The maximum Gasteiger partial charge on any atom is 0.265 e. The van der Waals surface area contributed by atoms with E-state index in [-0.39, 0.29) is 11.7 Å². The number of hydrogen-bond acceptors (Lipinski definition) is 4. The van der Waals surface area contributed by atoms with Gasteiger partial charge in [0, 0.05) is 11.3 Å². The zero-order valence-electron chi connectivity index (χ0n) is 6.47. The van der Waals surface area contributed by atoms with Crippen molar-refractivity contribution in [1.29, 1.82) is 0 Å². The van der Waals surface area contributed by atoms with E-state index in [1.165, 1.54) is 11.3 Å². The van der Waals surface area contributed by atoms with Crippen LogP contribution in [0, 0.1) is 0 Å². The first kappa shape index (κ1) is 9.63. The van der Waals surface area contributed by atoms with Crippen molar-refractivity contribution < 1.29 is 13.0 Å². The summed E-state index contributed by atoms with van der Waals surface area (Å²) >= 11 is 1.41. The zero-order valence-corrected chi connectivity index (χ0v) is 8.10. The third-order valence-corrected chi connectivity index (χ3v) is 2.94. The zero-order chi connectivity index (χ0) is 9.19. The Morgan fingerprint density at radius 1 is 1.75 bits per heavy atom. The molecule has 0 fully saturated rings. The summed E-state index contributed by atoms with van der Waals surface area (Å²) in [6, 6.07) is 0. The fourth-order valence-electron chi connectivity index (χ4n) is 0.867. The first-order chi connectivity index (χ1) is 5.49. The van der Waals surface area contributed by atoms with Gasteiger partial charge in [0.15, 0.2) is 0 Å². The maximum absolute atomic E-state index is 10.5. The van der Waals surface area contributed by atoms with Gasteiger partial charge in [-0.15, -0.1) is 11.3 Å². The molecule has 68 valence electrons. The highest BCUT2D eigenvalue weighted by Gasteiger charge is 2.15. The minimum absolute atomic E-state index is 0.244.